The number of hydrogen-bond acceptors (Lipinski definition) is 8. The Morgan fingerprint density at radius 1 is 0.784 bits per heavy atom. The molecule has 1 unspecified atom stereocenters. The lowest BCUT2D eigenvalue weighted by Gasteiger charge is -2.36. The summed E-state index contributed by atoms with van der Waals surface area (Å²) in [6, 6.07) is 2.40. The van der Waals surface area contributed by atoms with Gasteiger partial charge in [-0.25, -0.2) is 4.67 Å². The molecule has 0 aromatic rings. The van der Waals surface area contributed by atoms with Crippen molar-refractivity contribution in [2.45, 2.75) is 143 Å². The molecule has 37 heavy (non-hydrogen) atoms. The number of hydrogen-bond donors (Lipinski definition) is 0. The molecular formula is C28H53N2O6P. The molecule has 0 rings (SSSR count). The first-order chi connectivity index (χ1) is 17.8. The van der Waals surface area contributed by atoms with Crippen LogP contribution in [0.25, 0.3) is 0 Å². The lowest BCUT2D eigenvalue weighted by atomic mass is 10.1. The molecule has 0 N–H and O–H groups in total. The molecule has 0 aromatic heterocycles. The number of rotatable bonds is 24. The van der Waals surface area contributed by atoms with Gasteiger partial charge in [0.25, 0.3) is 8.53 Å². The molecule has 9 heteroatoms. The molecule has 0 amide bonds. The highest BCUT2D eigenvalue weighted by Gasteiger charge is 2.29. The average Bonchev–Trinajstić information content (AvgIpc) is 2.84. The number of ether oxygens (including phenoxy) is 2. The van der Waals surface area contributed by atoms with E-state index in [0.29, 0.717) is 12.8 Å². The van der Waals surface area contributed by atoms with E-state index in [1.165, 1.54) is 6.42 Å². The van der Waals surface area contributed by atoms with Gasteiger partial charge >= 0.3 is 11.9 Å². The van der Waals surface area contributed by atoms with Gasteiger partial charge < -0.3 is 18.5 Å². The molecule has 0 radical (unpaired) electrons. The molecule has 0 bridgehead atoms. The van der Waals surface area contributed by atoms with Crippen molar-refractivity contribution in [2.75, 3.05) is 19.8 Å². The summed E-state index contributed by atoms with van der Waals surface area (Å²) < 4.78 is 25.3. The normalized spacial score (nSPS) is 13.1. The zero-order valence-corrected chi connectivity index (χ0v) is 25.2. The minimum atomic E-state index is -1.48. The van der Waals surface area contributed by atoms with Crippen LogP contribution in [0, 0.1) is 11.3 Å². The fourth-order valence-corrected chi connectivity index (χ4v) is 5.46. The Kier molecular flexibility index (Phi) is 23.0. The summed E-state index contributed by atoms with van der Waals surface area (Å²) in [7, 11) is -1.48. The Morgan fingerprint density at radius 2 is 1.32 bits per heavy atom. The first-order valence-electron chi connectivity index (χ1n) is 14.3. The van der Waals surface area contributed by atoms with E-state index in [1.807, 2.05) is 0 Å². The predicted octanol–water partition coefficient (Wildman–Crippen LogP) is 7.45. The van der Waals surface area contributed by atoms with Crippen LogP contribution < -0.4 is 0 Å². The van der Waals surface area contributed by atoms with E-state index in [1.54, 1.807) is 0 Å². The van der Waals surface area contributed by atoms with Gasteiger partial charge in [-0.05, 0) is 40.5 Å². The van der Waals surface area contributed by atoms with Gasteiger partial charge in [-0.15, -0.1) is 0 Å². The molecule has 0 heterocycles. The van der Waals surface area contributed by atoms with Crippen molar-refractivity contribution < 1.29 is 28.1 Å². The van der Waals surface area contributed by atoms with Gasteiger partial charge in [0.05, 0.1) is 25.7 Å². The fraction of sp³-hybridized carbons (Fsp3) is 0.893. The van der Waals surface area contributed by atoms with Gasteiger partial charge in [-0.2, -0.15) is 5.26 Å². The maximum Gasteiger partial charge on any atom is 0.306 e. The van der Waals surface area contributed by atoms with E-state index < -0.39 is 14.6 Å². The SMILES string of the molecule is CCCCCCCC(=O)OC[C@H](COP(OCCC#N)N(C(C)C)C(C)C)OC(=O)CCCCCCC. The van der Waals surface area contributed by atoms with E-state index in [-0.39, 0.29) is 50.3 Å². The zero-order chi connectivity index (χ0) is 27.9. The molecule has 2 atom stereocenters. The van der Waals surface area contributed by atoms with Crippen LogP contribution in [-0.4, -0.2) is 54.6 Å². The van der Waals surface area contributed by atoms with Gasteiger partial charge in [0.15, 0.2) is 6.10 Å². The Bertz CT molecular complexity index is 618. The van der Waals surface area contributed by atoms with E-state index in [2.05, 4.69) is 52.3 Å². The summed E-state index contributed by atoms with van der Waals surface area (Å²) in [5.74, 6) is -0.587. The number of carbonyl (C=O) groups is 2. The summed E-state index contributed by atoms with van der Waals surface area (Å²) in [6.07, 6.45) is 10.7. The highest BCUT2D eigenvalue weighted by Crippen LogP contribution is 2.46. The Hall–Kier alpha value is -1.26. The van der Waals surface area contributed by atoms with Crippen molar-refractivity contribution in [3.05, 3.63) is 0 Å². The topological polar surface area (TPSA) is 98.1 Å². The number of esters is 2. The van der Waals surface area contributed by atoms with Crippen molar-refractivity contribution >= 4 is 20.5 Å². The lowest BCUT2D eigenvalue weighted by Crippen LogP contribution is -2.35. The van der Waals surface area contributed by atoms with Crippen LogP contribution >= 0.6 is 8.53 Å². The van der Waals surface area contributed by atoms with Crippen LogP contribution in [0.5, 0.6) is 0 Å². The number of unbranched alkanes of at least 4 members (excludes halogenated alkanes) is 8. The first-order valence-corrected chi connectivity index (χ1v) is 15.5. The van der Waals surface area contributed by atoms with Crippen molar-refractivity contribution in [1.82, 2.24) is 4.67 Å². The second-order valence-electron chi connectivity index (χ2n) is 9.97. The molecule has 0 fully saturated rings. The fourth-order valence-electron chi connectivity index (χ4n) is 3.83. The number of nitrogens with zero attached hydrogens (tertiary/aromatic N) is 2. The van der Waals surface area contributed by atoms with Gasteiger partial charge in [-0.1, -0.05) is 65.2 Å². The molecule has 0 aliphatic rings. The van der Waals surface area contributed by atoms with Crippen LogP contribution in [0.4, 0.5) is 0 Å². The van der Waals surface area contributed by atoms with Gasteiger partial charge in [0.2, 0.25) is 0 Å². The summed E-state index contributed by atoms with van der Waals surface area (Å²) in [4.78, 5) is 24.8. The molecule has 0 aliphatic carbocycles. The molecule has 0 aromatic carbocycles. The third-order valence-corrected chi connectivity index (χ3v) is 7.80. The van der Waals surface area contributed by atoms with Crippen LogP contribution in [0.2, 0.25) is 0 Å². The lowest BCUT2D eigenvalue weighted by molar-refractivity contribution is -0.161. The van der Waals surface area contributed by atoms with Crippen molar-refractivity contribution in [3.63, 3.8) is 0 Å². The van der Waals surface area contributed by atoms with Crippen molar-refractivity contribution in [2.24, 2.45) is 0 Å². The summed E-state index contributed by atoms with van der Waals surface area (Å²) >= 11 is 0. The molecule has 0 saturated heterocycles. The largest absolute Gasteiger partial charge is 0.462 e. The Balaban J connectivity index is 5.07. The maximum absolute atomic E-state index is 12.5. The molecular weight excluding hydrogens is 491 g/mol. The number of carbonyl (C=O) groups excluding carboxylic acids is 2. The Labute approximate surface area is 227 Å². The molecule has 0 saturated carbocycles. The molecule has 8 nitrogen and oxygen atoms in total. The predicted molar refractivity (Wildman–Crippen MR) is 149 cm³/mol. The minimum absolute atomic E-state index is 0.0416. The van der Waals surface area contributed by atoms with Gasteiger partial charge in [0, 0.05) is 24.9 Å². The summed E-state index contributed by atoms with van der Waals surface area (Å²) in [5.41, 5.74) is 0. The van der Waals surface area contributed by atoms with Crippen LogP contribution in [0.1, 0.15) is 125 Å². The minimum Gasteiger partial charge on any atom is -0.462 e. The van der Waals surface area contributed by atoms with Crippen molar-refractivity contribution in [1.29, 1.82) is 5.26 Å². The third kappa shape index (κ3) is 19.5. The van der Waals surface area contributed by atoms with E-state index in [0.717, 1.165) is 57.8 Å². The highest BCUT2D eigenvalue weighted by molar-refractivity contribution is 7.44. The molecule has 0 aliphatic heterocycles. The number of nitriles is 1. The van der Waals surface area contributed by atoms with Gasteiger partial charge in [0.1, 0.15) is 6.61 Å². The van der Waals surface area contributed by atoms with E-state index in [4.69, 9.17) is 23.8 Å². The average molecular weight is 545 g/mol. The summed E-state index contributed by atoms with van der Waals surface area (Å²) in [5, 5.41) is 8.91. The third-order valence-electron chi connectivity index (χ3n) is 5.73. The summed E-state index contributed by atoms with van der Waals surface area (Å²) in [6.45, 7) is 12.8. The monoisotopic (exact) mass is 544 g/mol. The highest BCUT2D eigenvalue weighted by atomic mass is 31.2. The second kappa shape index (κ2) is 23.8. The molecule has 216 valence electrons. The smallest absolute Gasteiger partial charge is 0.306 e. The quantitative estimate of drug-likeness (QED) is 0.0702. The second-order valence-corrected chi connectivity index (χ2v) is 11.4. The zero-order valence-electron chi connectivity index (χ0n) is 24.3. The maximum atomic E-state index is 12.5. The standard InChI is InChI=1S/C28H53N2O6P/c1-7-9-11-13-15-18-27(31)33-22-26(36-28(32)19-16-14-12-10-8-2)23-35-37(34-21-17-20-29)30(24(3)4)25(5)6/h24-26H,7-19,21-23H2,1-6H3/t26-,37?/m1/s1. The first kappa shape index (κ1) is 35.7. The van der Waals surface area contributed by atoms with Crippen molar-refractivity contribution in [3.8, 4) is 6.07 Å². The van der Waals surface area contributed by atoms with Crippen LogP contribution in [0.3, 0.4) is 0 Å². The van der Waals surface area contributed by atoms with Crippen LogP contribution in [0.15, 0.2) is 0 Å². The Morgan fingerprint density at radius 3 is 1.84 bits per heavy atom. The van der Waals surface area contributed by atoms with Crippen LogP contribution in [-0.2, 0) is 28.1 Å². The van der Waals surface area contributed by atoms with Gasteiger partial charge in [-0.3, -0.25) is 9.59 Å². The molecule has 0 spiro atoms. The van der Waals surface area contributed by atoms with E-state index >= 15 is 0 Å². The van der Waals surface area contributed by atoms with E-state index in [9.17, 15) is 9.59 Å².